The average molecular weight is 273 g/mol. The lowest BCUT2D eigenvalue weighted by atomic mass is 10.1. The van der Waals surface area contributed by atoms with Crippen LogP contribution in [0.1, 0.15) is 29.2 Å². The van der Waals surface area contributed by atoms with E-state index in [0.717, 1.165) is 11.5 Å². The van der Waals surface area contributed by atoms with Gasteiger partial charge in [-0.2, -0.15) is 0 Å². The molecule has 0 spiro atoms. The maximum atomic E-state index is 13.1. The average Bonchev–Trinajstić information content (AvgIpc) is 2.79. The first-order valence-corrected chi connectivity index (χ1v) is 6.22. The highest BCUT2D eigenvalue weighted by atomic mass is 35.5. The van der Waals surface area contributed by atoms with Crippen LogP contribution in [0.2, 0.25) is 5.02 Å². The Morgan fingerprint density at radius 3 is 3.00 bits per heavy atom. The smallest absolute Gasteiger partial charge is 0.123 e. The maximum absolute atomic E-state index is 13.1. The van der Waals surface area contributed by atoms with Crippen molar-refractivity contribution in [2.75, 3.05) is 0 Å². The highest BCUT2D eigenvalue weighted by Gasteiger charge is 2.20. The van der Waals surface area contributed by atoms with E-state index in [1.165, 1.54) is 18.2 Å². The molecule has 2 rings (SSSR count). The number of hydrogen-bond acceptors (Lipinski definition) is 4. The third-order valence-electron chi connectivity index (χ3n) is 2.42. The van der Waals surface area contributed by atoms with Gasteiger partial charge in [0.05, 0.1) is 10.6 Å². The minimum Gasteiger partial charge on any atom is -0.383 e. The summed E-state index contributed by atoms with van der Waals surface area (Å²) < 4.78 is 16.9. The van der Waals surface area contributed by atoms with Crippen LogP contribution in [0.5, 0.6) is 0 Å². The van der Waals surface area contributed by atoms with Gasteiger partial charge in [-0.15, -0.1) is 5.10 Å². The maximum Gasteiger partial charge on any atom is 0.123 e. The molecule has 1 atom stereocenters. The molecule has 1 heterocycles. The summed E-state index contributed by atoms with van der Waals surface area (Å²) in [6.07, 6.45) is -0.316. The molecule has 0 amide bonds. The molecule has 0 aliphatic rings. The Labute approximate surface area is 107 Å². The van der Waals surface area contributed by atoms with E-state index in [9.17, 15) is 9.50 Å². The Kier molecular flexibility index (Phi) is 3.71. The van der Waals surface area contributed by atoms with Crippen LogP contribution in [-0.2, 0) is 6.42 Å². The lowest BCUT2D eigenvalue weighted by molar-refractivity contribution is 0.222. The predicted octanol–water partition coefficient (Wildman–Crippen LogP) is 2.97. The number of nitrogens with zero attached hydrogens (tertiary/aromatic N) is 2. The first-order valence-electron chi connectivity index (χ1n) is 5.07. The summed E-state index contributed by atoms with van der Waals surface area (Å²) in [4.78, 5) is 0.611. The molecule has 0 saturated heterocycles. The Morgan fingerprint density at radius 2 is 2.29 bits per heavy atom. The third kappa shape index (κ3) is 2.46. The van der Waals surface area contributed by atoms with E-state index in [1.807, 2.05) is 6.92 Å². The molecule has 1 aromatic heterocycles. The van der Waals surface area contributed by atoms with Gasteiger partial charge in [0.15, 0.2) is 0 Å². The van der Waals surface area contributed by atoms with Gasteiger partial charge >= 0.3 is 0 Å². The van der Waals surface area contributed by atoms with Crippen LogP contribution >= 0.6 is 23.1 Å². The van der Waals surface area contributed by atoms with Crippen LogP contribution in [0.25, 0.3) is 0 Å². The lowest BCUT2D eigenvalue weighted by Gasteiger charge is -2.11. The molecule has 2 aromatic rings. The Bertz CT molecular complexity index is 532. The number of hydrogen-bond donors (Lipinski definition) is 1. The second-order valence-corrected chi connectivity index (χ2v) is 4.70. The number of aliphatic hydroxyl groups excluding tert-OH is 1. The lowest BCUT2D eigenvalue weighted by Crippen LogP contribution is -2.02. The number of halogens is 2. The molecule has 0 saturated carbocycles. The molecule has 3 nitrogen and oxygen atoms in total. The zero-order valence-electron chi connectivity index (χ0n) is 9.02. The van der Waals surface area contributed by atoms with E-state index < -0.39 is 11.9 Å². The Balaban J connectivity index is 2.43. The quantitative estimate of drug-likeness (QED) is 0.934. The van der Waals surface area contributed by atoms with Gasteiger partial charge in [0.25, 0.3) is 0 Å². The van der Waals surface area contributed by atoms with E-state index in [-0.39, 0.29) is 0 Å². The van der Waals surface area contributed by atoms with Crippen LogP contribution in [0.4, 0.5) is 4.39 Å². The molecule has 0 aliphatic heterocycles. The van der Waals surface area contributed by atoms with E-state index in [0.29, 0.717) is 27.6 Å². The molecule has 0 fully saturated rings. The normalized spacial score (nSPS) is 12.7. The van der Waals surface area contributed by atoms with Crippen LogP contribution in [0.3, 0.4) is 0 Å². The van der Waals surface area contributed by atoms with Crippen LogP contribution in [-0.4, -0.2) is 14.7 Å². The van der Waals surface area contributed by atoms with Gasteiger partial charge in [-0.25, -0.2) is 4.39 Å². The minimum atomic E-state index is -0.979. The summed E-state index contributed by atoms with van der Waals surface area (Å²) >= 11 is 7.04. The summed E-state index contributed by atoms with van der Waals surface area (Å²) in [7, 11) is 0. The second-order valence-electron chi connectivity index (χ2n) is 3.51. The number of aromatic nitrogens is 2. The van der Waals surface area contributed by atoms with Crippen LogP contribution < -0.4 is 0 Å². The molecular weight excluding hydrogens is 263 g/mol. The van der Waals surface area contributed by atoms with Gasteiger partial charge in [0.1, 0.15) is 11.9 Å². The van der Waals surface area contributed by atoms with Crippen molar-refractivity contribution in [3.63, 3.8) is 0 Å². The first-order chi connectivity index (χ1) is 8.13. The standard InChI is InChI=1S/C11H10ClFN2OS/c1-2-9-11(17-15-14-9)10(16)7-5-6(13)3-4-8(7)12/h3-5,10,16H,2H2,1H3. The molecule has 0 radical (unpaired) electrons. The van der Waals surface area contributed by atoms with Crippen molar-refractivity contribution >= 4 is 23.1 Å². The SMILES string of the molecule is CCc1nnsc1C(O)c1cc(F)ccc1Cl. The van der Waals surface area contributed by atoms with Crippen molar-refractivity contribution in [3.8, 4) is 0 Å². The fourth-order valence-corrected chi connectivity index (χ4v) is 2.50. The Morgan fingerprint density at radius 1 is 1.53 bits per heavy atom. The van der Waals surface area contributed by atoms with Gasteiger partial charge in [-0.3, -0.25) is 0 Å². The fourth-order valence-electron chi connectivity index (χ4n) is 1.53. The molecule has 6 heteroatoms. The van der Waals surface area contributed by atoms with Crippen molar-refractivity contribution in [2.45, 2.75) is 19.4 Å². The van der Waals surface area contributed by atoms with Crippen molar-refractivity contribution in [2.24, 2.45) is 0 Å². The van der Waals surface area contributed by atoms with Gasteiger partial charge in [0, 0.05) is 10.6 Å². The third-order valence-corrected chi connectivity index (χ3v) is 3.58. The van der Waals surface area contributed by atoms with Crippen molar-refractivity contribution in [1.82, 2.24) is 9.59 Å². The molecule has 90 valence electrons. The van der Waals surface area contributed by atoms with E-state index in [4.69, 9.17) is 11.6 Å². The molecule has 1 unspecified atom stereocenters. The van der Waals surface area contributed by atoms with E-state index >= 15 is 0 Å². The van der Waals surface area contributed by atoms with Crippen LogP contribution in [0, 0.1) is 5.82 Å². The van der Waals surface area contributed by atoms with E-state index in [1.54, 1.807) is 0 Å². The van der Waals surface area contributed by atoms with E-state index in [2.05, 4.69) is 9.59 Å². The Hall–Kier alpha value is -1.04. The van der Waals surface area contributed by atoms with Crippen LogP contribution in [0.15, 0.2) is 18.2 Å². The summed E-state index contributed by atoms with van der Waals surface area (Å²) in [5.74, 6) is -0.432. The largest absolute Gasteiger partial charge is 0.383 e. The zero-order valence-corrected chi connectivity index (χ0v) is 10.6. The van der Waals surface area contributed by atoms with Crippen molar-refractivity contribution in [1.29, 1.82) is 0 Å². The second kappa shape index (κ2) is 5.08. The summed E-state index contributed by atoms with van der Waals surface area (Å²) in [5, 5.41) is 14.4. The highest BCUT2D eigenvalue weighted by molar-refractivity contribution is 7.05. The number of aliphatic hydroxyl groups is 1. The number of benzene rings is 1. The molecule has 0 aliphatic carbocycles. The molecule has 1 N–H and O–H groups in total. The van der Waals surface area contributed by atoms with Crippen molar-refractivity contribution < 1.29 is 9.50 Å². The van der Waals surface area contributed by atoms with Gasteiger partial charge in [-0.05, 0) is 36.2 Å². The van der Waals surface area contributed by atoms with Gasteiger partial charge in [0.2, 0.25) is 0 Å². The highest BCUT2D eigenvalue weighted by Crippen LogP contribution is 2.32. The zero-order chi connectivity index (χ0) is 12.4. The topological polar surface area (TPSA) is 46.0 Å². The first kappa shape index (κ1) is 12.4. The number of aryl methyl sites for hydroxylation is 1. The van der Waals surface area contributed by atoms with Gasteiger partial charge < -0.3 is 5.11 Å². The molecular formula is C11H10ClFN2OS. The monoisotopic (exact) mass is 272 g/mol. The molecule has 17 heavy (non-hydrogen) atoms. The van der Waals surface area contributed by atoms with Crippen molar-refractivity contribution in [3.05, 3.63) is 45.2 Å². The molecule has 0 bridgehead atoms. The fraction of sp³-hybridized carbons (Fsp3) is 0.273. The minimum absolute atomic E-state index is 0.328. The summed E-state index contributed by atoms with van der Waals surface area (Å²) in [6, 6.07) is 3.91. The van der Waals surface area contributed by atoms with Gasteiger partial charge in [-0.1, -0.05) is 23.0 Å². The summed E-state index contributed by atoms with van der Waals surface area (Å²) in [5.41, 5.74) is 1.05. The summed E-state index contributed by atoms with van der Waals surface area (Å²) in [6.45, 7) is 1.92. The molecule has 1 aromatic carbocycles. The number of rotatable bonds is 3. The predicted molar refractivity (Wildman–Crippen MR) is 64.8 cm³/mol.